The standard InChI is InChI=1S/C24H26Cl3N3O/c1-15-22(24(31)29(2)19-6-4-3-5-7-19)28-30(21-13-12-18(26)14-20(21)27)23(15)16-8-10-17(25)11-9-16/h8-15,19,23H,3-7H2,1-2H3. The minimum Gasteiger partial charge on any atom is -0.338 e. The molecule has 1 heterocycles. The summed E-state index contributed by atoms with van der Waals surface area (Å²) in [5.41, 5.74) is 2.30. The van der Waals surface area contributed by atoms with Crippen LogP contribution in [0.1, 0.15) is 50.6 Å². The Labute approximate surface area is 198 Å². The third kappa shape index (κ3) is 4.57. The molecule has 0 saturated heterocycles. The number of anilines is 1. The lowest BCUT2D eigenvalue weighted by molar-refractivity contribution is -0.125. The highest BCUT2D eigenvalue weighted by molar-refractivity contribution is 6.41. The van der Waals surface area contributed by atoms with Crippen LogP contribution in [-0.2, 0) is 4.79 Å². The summed E-state index contributed by atoms with van der Waals surface area (Å²) in [4.78, 5) is 15.4. The summed E-state index contributed by atoms with van der Waals surface area (Å²) in [6.45, 7) is 2.05. The van der Waals surface area contributed by atoms with Crippen molar-refractivity contribution in [3.8, 4) is 0 Å². The van der Waals surface area contributed by atoms with E-state index in [4.69, 9.17) is 39.9 Å². The normalized spacial score (nSPS) is 21.8. The molecule has 2 atom stereocenters. The van der Waals surface area contributed by atoms with Gasteiger partial charge in [0.05, 0.1) is 16.8 Å². The topological polar surface area (TPSA) is 35.9 Å². The maximum absolute atomic E-state index is 13.5. The van der Waals surface area contributed by atoms with Crippen LogP contribution in [0.5, 0.6) is 0 Å². The molecule has 1 aliphatic carbocycles. The van der Waals surface area contributed by atoms with Gasteiger partial charge in [-0.3, -0.25) is 9.80 Å². The fourth-order valence-electron chi connectivity index (χ4n) is 4.64. The van der Waals surface area contributed by atoms with Gasteiger partial charge in [0.2, 0.25) is 0 Å². The first-order valence-corrected chi connectivity index (χ1v) is 11.9. The average molecular weight is 479 g/mol. The molecule has 1 amide bonds. The van der Waals surface area contributed by atoms with Crippen LogP contribution in [0.25, 0.3) is 0 Å². The molecule has 2 unspecified atom stereocenters. The summed E-state index contributed by atoms with van der Waals surface area (Å²) in [6.07, 6.45) is 5.69. The molecule has 7 heteroatoms. The second kappa shape index (κ2) is 9.40. The lowest BCUT2D eigenvalue weighted by Crippen LogP contribution is -2.43. The molecule has 2 aromatic rings. The molecule has 0 aromatic heterocycles. The van der Waals surface area contributed by atoms with E-state index in [9.17, 15) is 4.79 Å². The van der Waals surface area contributed by atoms with Crippen LogP contribution in [0.3, 0.4) is 0 Å². The molecule has 31 heavy (non-hydrogen) atoms. The number of halogens is 3. The number of hydrogen-bond donors (Lipinski definition) is 0. The Hall–Kier alpha value is -1.75. The molecule has 0 radical (unpaired) electrons. The molecule has 164 valence electrons. The zero-order valence-electron chi connectivity index (χ0n) is 17.7. The number of carbonyl (C=O) groups is 1. The first-order valence-electron chi connectivity index (χ1n) is 10.7. The Morgan fingerprint density at radius 2 is 1.65 bits per heavy atom. The van der Waals surface area contributed by atoms with E-state index in [0.29, 0.717) is 20.8 Å². The van der Waals surface area contributed by atoms with Crippen molar-refractivity contribution in [1.29, 1.82) is 0 Å². The molecule has 4 nitrogen and oxygen atoms in total. The van der Waals surface area contributed by atoms with E-state index in [-0.39, 0.29) is 23.9 Å². The van der Waals surface area contributed by atoms with E-state index in [1.54, 1.807) is 12.1 Å². The van der Waals surface area contributed by atoms with Gasteiger partial charge in [-0.25, -0.2) is 0 Å². The minimum absolute atomic E-state index is 0.00838. The van der Waals surface area contributed by atoms with E-state index in [1.165, 1.54) is 19.3 Å². The largest absolute Gasteiger partial charge is 0.338 e. The first-order chi connectivity index (χ1) is 14.9. The van der Waals surface area contributed by atoms with Crippen molar-refractivity contribution in [2.75, 3.05) is 12.1 Å². The van der Waals surface area contributed by atoms with Gasteiger partial charge in [-0.1, -0.05) is 73.1 Å². The van der Waals surface area contributed by atoms with Gasteiger partial charge >= 0.3 is 0 Å². The Kier molecular flexibility index (Phi) is 6.80. The number of nitrogens with zero attached hydrogens (tertiary/aromatic N) is 3. The number of rotatable bonds is 4. The van der Waals surface area contributed by atoms with Crippen LogP contribution in [0, 0.1) is 5.92 Å². The SMILES string of the molecule is CC1C(C(=O)N(C)C2CCCCC2)=NN(c2ccc(Cl)cc2Cl)C1c1ccc(Cl)cc1. The van der Waals surface area contributed by atoms with Crippen LogP contribution in [-0.4, -0.2) is 29.6 Å². The van der Waals surface area contributed by atoms with Crippen molar-refractivity contribution in [2.24, 2.45) is 11.0 Å². The number of hydrazone groups is 1. The van der Waals surface area contributed by atoms with Gasteiger partial charge in [0.25, 0.3) is 5.91 Å². The van der Waals surface area contributed by atoms with Crippen LogP contribution < -0.4 is 5.01 Å². The van der Waals surface area contributed by atoms with Gasteiger partial charge in [0, 0.05) is 29.1 Å². The van der Waals surface area contributed by atoms with Crippen molar-refractivity contribution >= 4 is 52.1 Å². The molecule has 4 rings (SSSR count). The molecule has 1 aliphatic heterocycles. The number of hydrogen-bond acceptors (Lipinski definition) is 3. The Morgan fingerprint density at radius 3 is 2.29 bits per heavy atom. The van der Waals surface area contributed by atoms with E-state index in [2.05, 4.69) is 6.92 Å². The zero-order valence-corrected chi connectivity index (χ0v) is 20.0. The monoisotopic (exact) mass is 477 g/mol. The van der Waals surface area contributed by atoms with Crippen molar-refractivity contribution in [3.63, 3.8) is 0 Å². The smallest absolute Gasteiger partial charge is 0.270 e. The first kappa shape index (κ1) is 22.4. The quantitative estimate of drug-likeness (QED) is 0.474. The molecule has 0 spiro atoms. The van der Waals surface area contributed by atoms with E-state index < -0.39 is 0 Å². The zero-order chi connectivity index (χ0) is 22.1. The molecule has 0 bridgehead atoms. The van der Waals surface area contributed by atoms with Gasteiger partial charge in [-0.15, -0.1) is 0 Å². The Bertz CT molecular complexity index is 986. The molecule has 2 aliphatic rings. The lowest BCUT2D eigenvalue weighted by atomic mass is 9.89. The predicted molar refractivity (Wildman–Crippen MR) is 129 cm³/mol. The molecular formula is C24H26Cl3N3O. The van der Waals surface area contributed by atoms with Crippen molar-refractivity contribution in [1.82, 2.24) is 4.90 Å². The molecule has 1 fully saturated rings. The summed E-state index contributed by atoms with van der Waals surface area (Å²) < 4.78 is 0. The van der Waals surface area contributed by atoms with Gasteiger partial charge in [0.15, 0.2) is 0 Å². The van der Waals surface area contributed by atoms with Crippen molar-refractivity contribution < 1.29 is 4.79 Å². The number of benzene rings is 2. The molecular weight excluding hydrogens is 453 g/mol. The summed E-state index contributed by atoms with van der Waals surface area (Å²) in [7, 11) is 1.91. The summed E-state index contributed by atoms with van der Waals surface area (Å²) >= 11 is 18.8. The maximum Gasteiger partial charge on any atom is 0.270 e. The van der Waals surface area contributed by atoms with Crippen LogP contribution in [0.15, 0.2) is 47.6 Å². The number of carbonyl (C=O) groups excluding carboxylic acids is 1. The highest BCUT2D eigenvalue weighted by Gasteiger charge is 2.41. The molecule has 1 saturated carbocycles. The van der Waals surface area contributed by atoms with Crippen LogP contribution in [0.2, 0.25) is 15.1 Å². The summed E-state index contributed by atoms with van der Waals surface area (Å²) in [5, 5.41) is 8.40. The fraction of sp³-hybridized carbons (Fsp3) is 0.417. The van der Waals surface area contributed by atoms with Gasteiger partial charge in [-0.05, 0) is 48.7 Å². The highest BCUT2D eigenvalue weighted by Crippen LogP contribution is 2.43. The average Bonchev–Trinajstić information content (AvgIpc) is 3.10. The number of amides is 1. The third-order valence-corrected chi connectivity index (χ3v) is 7.20. The van der Waals surface area contributed by atoms with Crippen LogP contribution in [0.4, 0.5) is 5.69 Å². The van der Waals surface area contributed by atoms with Gasteiger partial charge in [-0.2, -0.15) is 5.10 Å². The van der Waals surface area contributed by atoms with Gasteiger partial charge < -0.3 is 4.90 Å². The molecule has 0 N–H and O–H groups in total. The van der Waals surface area contributed by atoms with Crippen molar-refractivity contribution in [3.05, 3.63) is 63.1 Å². The van der Waals surface area contributed by atoms with E-state index >= 15 is 0 Å². The maximum atomic E-state index is 13.5. The molecule has 2 aromatic carbocycles. The summed E-state index contributed by atoms with van der Waals surface area (Å²) in [5.74, 6) is -0.127. The Morgan fingerprint density at radius 1 is 1.00 bits per heavy atom. The van der Waals surface area contributed by atoms with E-state index in [0.717, 1.165) is 24.1 Å². The van der Waals surface area contributed by atoms with Crippen LogP contribution >= 0.6 is 34.8 Å². The van der Waals surface area contributed by atoms with Gasteiger partial charge in [0.1, 0.15) is 5.71 Å². The lowest BCUT2D eigenvalue weighted by Gasteiger charge is -2.32. The third-order valence-electron chi connectivity index (χ3n) is 6.41. The second-order valence-electron chi connectivity index (χ2n) is 8.42. The second-order valence-corrected chi connectivity index (χ2v) is 9.70. The van der Waals surface area contributed by atoms with E-state index in [1.807, 2.05) is 47.3 Å². The summed E-state index contributed by atoms with van der Waals surface area (Å²) in [6, 6.07) is 13.1. The fourth-order valence-corrected chi connectivity index (χ4v) is 5.26. The van der Waals surface area contributed by atoms with Crippen molar-refractivity contribution in [2.45, 2.75) is 51.1 Å². The Balaban J connectivity index is 1.71. The predicted octanol–water partition coefficient (Wildman–Crippen LogP) is 6.99. The minimum atomic E-state index is -0.172. The highest BCUT2D eigenvalue weighted by atomic mass is 35.5.